The molecule has 0 unspecified atom stereocenters. The molecule has 0 amide bonds. The maximum absolute atomic E-state index is 5.51. The molecule has 2 rings (SSSR count). The van der Waals surface area contributed by atoms with Gasteiger partial charge in [-0.25, -0.2) is 4.98 Å². The Morgan fingerprint density at radius 3 is 2.82 bits per heavy atom. The molecule has 0 fully saturated rings. The number of aromatic nitrogens is 1. The zero-order valence-electron chi connectivity index (χ0n) is 9.46. The Labute approximate surface area is 105 Å². The van der Waals surface area contributed by atoms with Gasteiger partial charge in [-0.3, -0.25) is 0 Å². The number of thiocarbonyl (C=S) groups is 1. The summed E-state index contributed by atoms with van der Waals surface area (Å²) in [6.07, 6.45) is 3.34. The van der Waals surface area contributed by atoms with Gasteiger partial charge in [0.1, 0.15) is 16.6 Å². The predicted molar refractivity (Wildman–Crippen MR) is 70.9 cm³/mol. The fourth-order valence-electron chi connectivity index (χ4n) is 1.47. The van der Waals surface area contributed by atoms with Crippen LogP contribution in [0.5, 0.6) is 0 Å². The molecule has 88 valence electrons. The third-order valence-corrected chi connectivity index (χ3v) is 2.63. The summed E-state index contributed by atoms with van der Waals surface area (Å²) in [4.78, 5) is 6.64. The van der Waals surface area contributed by atoms with E-state index in [-0.39, 0.29) is 0 Å². The summed E-state index contributed by atoms with van der Waals surface area (Å²) in [5.41, 5.74) is 6.29. The van der Waals surface area contributed by atoms with Crippen LogP contribution in [0.25, 0.3) is 0 Å². The smallest absolute Gasteiger partial charge is 0.128 e. The van der Waals surface area contributed by atoms with E-state index < -0.39 is 0 Å². The van der Waals surface area contributed by atoms with E-state index in [1.807, 2.05) is 36.2 Å². The Morgan fingerprint density at radius 2 is 2.29 bits per heavy atom. The average molecular weight is 247 g/mol. The summed E-state index contributed by atoms with van der Waals surface area (Å²) in [6.45, 7) is 0.673. The summed E-state index contributed by atoms with van der Waals surface area (Å²) in [5, 5.41) is 0. The lowest BCUT2D eigenvalue weighted by molar-refractivity contribution is 0.507. The van der Waals surface area contributed by atoms with Gasteiger partial charge >= 0.3 is 0 Å². The Morgan fingerprint density at radius 1 is 1.47 bits per heavy atom. The molecular formula is C12H13N3OS. The van der Waals surface area contributed by atoms with Crippen LogP contribution in [0, 0.1) is 0 Å². The number of hydrogen-bond acceptors (Lipinski definition) is 4. The van der Waals surface area contributed by atoms with E-state index in [2.05, 4.69) is 4.98 Å². The number of pyridine rings is 1. The Hall–Kier alpha value is -1.88. The molecule has 0 aliphatic heterocycles. The van der Waals surface area contributed by atoms with E-state index in [0.717, 1.165) is 17.1 Å². The zero-order valence-corrected chi connectivity index (χ0v) is 10.3. The van der Waals surface area contributed by atoms with E-state index >= 15 is 0 Å². The van der Waals surface area contributed by atoms with Crippen molar-refractivity contribution < 1.29 is 4.42 Å². The van der Waals surface area contributed by atoms with Gasteiger partial charge in [0.05, 0.1) is 12.8 Å². The number of nitrogens with two attached hydrogens (primary N) is 1. The minimum absolute atomic E-state index is 0.359. The van der Waals surface area contributed by atoms with Gasteiger partial charge in [0, 0.05) is 18.8 Å². The zero-order chi connectivity index (χ0) is 12.3. The highest BCUT2D eigenvalue weighted by Crippen LogP contribution is 2.13. The minimum atomic E-state index is 0.359. The monoisotopic (exact) mass is 247 g/mol. The molecule has 0 saturated heterocycles. The normalized spacial score (nSPS) is 10.2. The third-order valence-electron chi connectivity index (χ3n) is 2.40. The van der Waals surface area contributed by atoms with Gasteiger partial charge in [0.2, 0.25) is 0 Å². The lowest BCUT2D eigenvalue weighted by Crippen LogP contribution is -2.18. The molecule has 0 radical (unpaired) electrons. The largest absolute Gasteiger partial charge is 0.467 e. The van der Waals surface area contributed by atoms with Crippen molar-refractivity contribution in [3.05, 3.63) is 48.0 Å². The molecule has 2 N–H and O–H groups in total. The second-order valence-corrected chi connectivity index (χ2v) is 4.14. The van der Waals surface area contributed by atoms with Gasteiger partial charge in [-0.15, -0.1) is 0 Å². The van der Waals surface area contributed by atoms with Crippen LogP contribution >= 0.6 is 12.2 Å². The first kappa shape index (κ1) is 11.6. The Balaban J connectivity index is 2.09. The molecule has 0 aliphatic carbocycles. The lowest BCUT2D eigenvalue weighted by atomic mass is 10.3. The Bertz CT molecular complexity index is 493. The molecule has 2 heterocycles. The van der Waals surface area contributed by atoms with Crippen LogP contribution in [-0.4, -0.2) is 17.0 Å². The second kappa shape index (κ2) is 4.97. The Kier molecular flexibility index (Phi) is 3.39. The summed E-state index contributed by atoms with van der Waals surface area (Å²) in [7, 11) is 1.95. The maximum Gasteiger partial charge on any atom is 0.128 e. The standard InChI is InChI=1S/C12H13N3OS/c1-15(8-10-3-2-6-16-10)11-5-4-9(7-14-11)12(13)17/h2-7H,8H2,1H3,(H2,13,17). The minimum Gasteiger partial charge on any atom is -0.467 e. The molecule has 5 heteroatoms. The van der Waals surface area contributed by atoms with Gasteiger partial charge in [0.15, 0.2) is 0 Å². The molecule has 0 bridgehead atoms. The van der Waals surface area contributed by atoms with E-state index in [1.54, 1.807) is 12.5 Å². The first-order valence-corrected chi connectivity index (χ1v) is 5.57. The van der Waals surface area contributed by atoms with E-state index in [0.29, 0.717) is 11.5 Å². The van der Waals surface area contributed by atoms with Crippen LogP contribution in [-0.2, 0) is 6.54 Å². The van der Waals surface area contributed by atoms with Crippen molar-refractivity contribution >= 4 is 23.0 Å². The van der Waals surface area contributed by atoms with Crippen LogP contribution in [0.1, 0.15) is 11.3 Å². The van der Waals surface area contributed by atoms with E-state index in [9.17, 15) is 0 Å². The molecule has 4 nitrogen and oxygen atoms in total. The molecule has 0 spiro atoms. The quantitative estimate of drug-likeness (QED) is 0.837. The van der Waals surface area contributed by atoms with Gasteiger partial charge in [-0.1, -0.05) is 12.2 Å². The van der Waals surface area contributed by atoms with Crippen LogP contribution < -0.4 is 10.6 Å². The van der Waals surface area contributed by atoms with E-state index in [1.165, 1.54) is 0 Å². The van der Waals surface area contributed by atoms with Gasteiger partial charge in [-0.05, 0) is 24.3 Å². The summed E-state index contributed by atoms with van der Waals surface area (Å²) in [5.74, 6) is 1.74. The second-order valence-electron chi connectivity index (χ2n) is 3.70. The fourth-order valence-corrected chi connectivity index (χ4v) is 1.60. The van der Waals surface area contributed by atoms with Gasteiger partial charge in [-0.2, -0.15) is 0 Å². The SMILES string of the molecule is CN(Cc1ccco1)c1ccc(C(N)=S)cn1. The molecule has 17 heavy (non-hydrogen) atoms. The first-order chi connectivity index (χ1) is 8.16. The van der Waals surface area contributed by atoms with Crippen molar-refractivity contribution in [2.75, 3.05) is 11.9 Å². The van der Waals surface area contributed by atoms with Crippen molar-refractivity contribution in [1.29, 1.82) is 0 Å². The summed E-state index contributed by atoms with van der Waals surface area (Å²) < 4.78 is 5.28. The number of hydrogen-bond donors (Lipinski definition) is 1. The first-order valence-electron chi connectivity index (χ1n) is 5.16. The molecule has 0 aliphatic rings. The number of furan rings is 1. The summed E-state index contributed by atoms with van der Waals surface area (Å²) in [6, 6.07) is 7.55. The third kappa shape index (κ3) is 2.82. The molecular weight excluding hydrogens is 234 g/mol. The average Bonchev–Trinajstić information content (AvgIpc) is 2.82. The number of anilines is 1. The molecule has 0 saturated carbocycles. The van der Waals surface area contributed by atoms with Crippen molar-refractivity contribution in [2.45, 2.75) is 6.54 Å². The lowest BCUT2D eigenvalue weighted by Gasteiger charge is -2.16. The van der Waals surface area contributed by atoms with Crippen LogP contribution in [0.15, 0.2) is 41.1 Å². The van der Waals surface area contributed by atoms with Crippen LogP contribution in [0.2, 0.25) is 0 Å². The fraction of sp³-hybridized carbons (Fsp3) is 0.167. The summed E-state index contributed by atoms with van der Waals surface area (Å²) >= 11 is 4.87. The molecule has 2 aromatic heterocycles. The molecule has 0 atom stereocenters. The highest BCUT2D eigenvalue weighted by atomic mass is 32.1. The highest BCUT2D eigenvalue weighted by Gasteiger charge is 2.05. The molecule has 2 aromatic rings. The predicted octanol–water partition coefficient (Wildman–Crippen LogP) is 1.95. The van der Waals surface area contributed by atoms with Gasteiger partial charge < -0.3 is 15.1 Å². The van der Waals surface area contributed by atoms with Crippen molar-refractivity contribution in [3.8, 4) is 0 Å². The van der Waals surface area contributed by atoms with E-state index in [4.69, 9.17) is 22.4 Å². The number of rotatable bonds is 4. The molecule has 0 aromatic carbocycles. The van der Waals surface area contributed by atoms with Gasteiger partial charge in [0.25, 0.3) is 0 Å². The maximum atomic E-state index is 5.51. The van der Waals surface area contributed by atoms with Crippen LogP contribution in [0.3, 0.4) is 0 Å². The number of nitrogens with zero attached hydrogens (tertiary/aromatic N) is 2. The van der Waals surface area contributed by atoms with Crippen molar-refractivity contribution in [2.24, 2.45) is 5.73 Å². The highest BCUT2D eigenvalue weighted by molar-refractivity contribution is 7.80. The van der Waals surface area contributed by atoms with Crippen molar-refractivity contribution in [3.63, 3.8) is 0 Å². The van der Waals surface area contributed by atoms with Crippen molar-refractivity contribution in [1.82, 2.24) is 4.98 Å². The topological polar surface area (TPSA) is 55.3 Å². The van der Waals surface area contributed by atoms with Crippen LogP contribution in [0.4, 0.5) is 5.82 Å².